The number of nitrogens with zero attached hydrogens (tertiary/aromatic N) is 1. The highest BCUT2D eigenvalue weighted by Gasteiger charge is 2.35. The Bertz CT molecular complexity index is 1220. The summed E-state index contributed by atoms with van der Waals surface area (Å²) in [7, 11) is -1.31. The van der Waals surface area contributed by atoms with Crippen LogP contribution >= 0.6 is 11.6 Å². The van der Waals surface area contributed by atoms with E-state index in [4.69, 9.17) is 16.3 Å². The van der Waals surface area contributed by atoms with Crippen molar-refractivity contribution in [3.05, 3.63) is 76.3 Å². The van der Waals surface area contributed by atoms with Gasteiger partial charge in [0.2, 0.25) is 5.95 Å². The van der Waals surface area contributed by atoms with Crippen molar-refractivity contribution in [2.45, 2.75) is 18.0 Å². The fourth-order valence-electron chi connectivity index (χ4n) is 2.73. The SMILES string of the molecule is Cc1nc(F)ccc1Oc1cc(C(F)(F)F)c(Cl)cc1C(=O)Nc1cccc(S(C)=O)c1. The molecule has 0 aliphatic carbocycles. The molecule has 0 radical (unpaired) electrons. The average molecular weight is 487 g/mol. The summed E-state index contributed by atoms with van der Waals surface area (Å²) in [6, 6.07) is 9.74. The van der Waals surface area contributed by atoms with Crippen molar-refractivity contribution in [2.75, 3.05) is 11.6 Å². The number of carbonyl (C=O) groups is 1. The molecule has 5 nitrogen and oxygen atoms in total. The number of aryl methyl sites for hydroxylation is 1. The summed E-state index contributed by atoms with van der Waals surface area (Å²) in [4.78, 5) is 16.9. The number of pyridine rings is 1. The van der Waals surface area contributed by atoms with Gasteiger partial charge in [0.25, 0.3) is 5.91 Å². The van der Waals surface area contributed by atoms with Crippen LogP contribution in [0.25, 0.3) is 0 Å². The Morgan fingerprint density at radius 2 is 1.84 bits per heavy atom. The van der Waals surface area contributed by atoms with Gasteiger partial charge in [0.05, 0.1) is 21.8 Å². The van der Waals surface area contributed by atoms with E-state index >= 15 is 0 Å². The van der Waals surface area contributed by atoms with Crippen molar-refractivity contribution in [2.24, 2.45) is 0 Å². The normalized spacial score (nSPS) is 12.3. The molecule has 168 valence electrons. The highest BCUT2D eigenvalue weighted by molar-refractivity contribution is 7.84. The second-order valence-electron chi connectivity index (χ2n) is 6.58. The number of ether oxygens (including phenoxy) is 1. The molecule has 1 N–H and O–H groups in total. The maximum Gasteiger partial charge on any atom is 0.417 e. The topological polar surface area (TPSA) is 68.3 Å². The number of rotatable bonds is 5. The third-order valence-corrected chi connectivity index (χ3v) is 5.50. The van der Waals surface area contributed by atoms with E-state index < -0.39 is 45.2 Å². The zero-order chi connectivity index (χ0) is 23.6. The van der Waals surface area contributed by atoms with Crippen LogP contribution in [0.1, 0.15) is 21.6 Å². The van der Waals surface area contributed by atoms with Crippen LogP contribution in [0.2, 0.25) is 5.02 Å². The molecule has 32 heavy (non-hydrogen) atoms. The number of carbonyl (C=O) groups excluding carboxylic acids is 1. The molecule has 2 aromatic carbocycles. The lowest BCUT2D eigenvalue weighted by molar-refractivity contribution is -0.137. The minimum atomic E-state index is -4.81. The van der Waals surface area contributed by atoms with Crippen LogP contribution in [0.5, 0.6) is 11.5 Å². The second kappa shape index (κ2) is 9.25. The summed E-state index contributed by atoms with van der Waals surface area (Å²) in [5.74, 6) is -2.11. The van der Waals surface area contributed by atoms with E-state index in [1.165, 1.54) is 31.4 Å². The number of halogens is 5. The molecule has 0 bridgehead atoms. The third-order valence-electron chi connectivity index (χ3n) is 4.27. The molecule has 1 unspecified atom stereocenters. The largest absolute Gasteiger partial charge is 0.455 e. The van der Waals surface area contributed by atoms with Gasteiger partial charge in [-0.25, -0.2) is 4.98 Å². The van der Waals surface area contributed by atoms with Crippen molar-refractivity contribution < 1.29 is 31.3 Å². The van der Waals surface area contributed by atoms with E-state index in [0.717, 1.165) is 12.1 Å². The molecule has 0 saturated heterocycles. The zero-order valence-corrected chi connectivity index (χ0v) is 18.2. The zero-order valence-electron chi connectivity index (χ0n) is 16.6. The van der Waals surface area contributed by atoms with Crippen molar-refractivity contribution in [1.82, 2.24) is 4.98 Å². The average Bonchev–Trinajstić information content (AvgIpc) is 2.70. The Morgan fingerprint density at radius 1 is 1.12 bits per heavy atom. The van der Waals surface area contributed by atoms with Crippen LogP contribution in [-0.4, -0.2) is 21.4 Å². The molecule has 1 atom stereocenters. The fourth-order valence-corrected chi connectivity index (χ4v) is 3.56. The Kier molecular flexibility index (Phi) is 6.85. The predicted octanol–water partition coefficient (Wildman–Crippen LogP) is 5.98. The molecule has 0 aliphatic rings. The summed E-state index contributed by atoms with van der Waals surface area (Å²) in [5, 5.41) is 1.82. The molecule has 1 aromatic heterocycles. The van der Waals surface area contributed by atoms with Crippen LogP contribution in [0.3, 0.4) is 0 Å². The number of benzene rings is 2. The van der Waals surface area contributed by atoms with Gasteiger partial charge in [0.1, 0.15) is 11.5 Å². The van der Waals surface area contributed by atoms with Gasteiger partial charge in [0.15, 0.2) is 0 Å². The van der Waals surface area contributed by atoms with Crippen LogP contribution in [-0.2, 0) is 17.0 Å². The van der Waals surface area contributed by atoms with E-state index in [2.05, 4.69) is 10.3 Å². The van der Waals surface area contributed by atoms with E-state index in [-0.39, 0.29) is 22.7 Å². The summed E-state index contributed by atoms with van der Waals surface area (Å²) in [5.41, 5.74) is -1.17. The van der Waals surface area contributed by atoms with Gasteiger partial charge >= 0.3 is 6.18 Å². The molecule has 11 heteroatoms. The molecular weight excluding hydrogens is 472 g/mol. The van der Waals surface area contributed by atoms with Gasteiger partial charge < -0.3 is 10.1 Å². The molecule has 0 aliphatic heterocycles. The lowest BCUT2D eigenvalue weighted by atomic mass is 10.1. The van der Waals surface area contributed by atoms with Crippen LogP contribution in [0.4, 0.5) is 23.2 Å². The van der Waals surface area contributed by atoms with E-state index in [9.17, 15) is 26.6 Å². The Morgan fingerprint density at radius 3 is 2.47 bits per heavy atom. The lowest BCUT2D eigenvalue weighted by Crippen LogP contribution is -2.15. The quantitative estimate of drug-likeness (QED) is 0.355. The Labute approximate surface area is 187 Å². The predicted molar refractivity (Wildman–Crippen MR) is 112 cm³/mol. The number of anilines is 1. The highest BCUT2D eigenvalue weighted by atomic mass is 35.5. The van der Waals surface area contributed by atoms with Gasteiger partial charge in [-0.2, -0.15) is 17.6 Å². The Balaban J connectivity index is 2.05. The maximum atomic E-state index is 13.4. The number of alkyl halides is 3. The van der Waals surface area contributed by atoms with Gasteiger partial charge in [-0.15, -0.1) is 0 Å². The third kappa shape index (κ3) is 5.43. The van der Waals surface area contributed by atoms with Crippen molar-refractivity contribution in [3.8, 4) is 11.5 Å². The molecule has 3 rings (SSSR count). The van der Waals surface area contributed by atoms with Gasteiger partial charge in [0, 0.05) is 27.6 Å². The molecule has 0 fully saturated rings. The lowest BCUT2D eigenvalue weighted by Gasteiger charge is -2.17. The second-order valence-corrected chi connectivity index (χ2v) is 8.37. The molecule has 3 aromatic rings. The summed E-state index contributed by atoms with van der Waals surface area (Å²) in [6.45, 7) is 1.40. The first kappa shape index (κ1) is 23.7. The molecular formula is C21H15ClF4N2O3S. The highest BCUT2D eigenvalue weighted by Crippen LogP contribution is 2.40. The molecule has 1 amide bonds. The molecule has 0 saturated carbocycles. The van der Waals surface area contributed by atoms with Gasteiger partial charge in [-0.05, 0) is 49.4 Å². The maximum absolute atomic E-state index is 13.4. The standard InChI is InChI=1S/C21H15ClF4N2O3S/c1-11-17(6-7-19(23)27-11)31-18-10-15(21(24,25)26)16(22)9-14(18)20(29)28-12-4-3-5-13(8-12)32(2)30/h3-10H,1-2H3,(H,28,29). The monoisotopic (exact) mass is 486 g/mol. The van der Waals surface area contributed by atoms with Crippen LogP contribution in [0, 0.1) is 12.9 Å². The van der Waals surface area contributed by atoms with Crippen molar-refractivity contribution in [1.29, 1.82) is 0 Å². The molecule has 0 spiro atoms. The number of amides is 1. The first-order valence-electron chi connectivity index (χ1n) is 8.92. The number of nitrogens with one attached hydrogen (secondary N) is 1. The smallest absolute Gasteiger partial charge is 0.417 e. The summed E-state index contributed by atoms with van der Waals surface area (Å²) in [6.07, 6.45) is -3.35. The van der Waals surface area contributed by atoms with E-state index in [1.54, 1.807) is 12.1 Å². The van der Waals surface area contributed by atoms with Gasteiger partial charge in [-0.3, -0.25) is 9.00 Å². The Hall–Kier alpha value is -2.98. The minimum Gasteiger partial charge on any atom is -0.455 e. The summed E-state index contributed by atoms with van der Waals surface area (Å²) >= 11 is 5.80. The first-order chi connectivity index (χ1) is 15.0. The first-order valence-corrected chi connectivity index (χ1v) is 10.9. The minimum absolute atomic E-state index is 0.0423. The number of hydrogen-bond acceptors (Lipinski definition) is 4. The number of aromatic nitrogens is 1. The van der Waals surface area contributed by atoms with Crippen LogP contribution < -0.4 is 10.1 Å². The number of hydrogen-bond donors (Lipinski definition) is 1. The van der Waals surface area contributed by atoms with E-state index in [0.29, 0.717) is 11.0 Å². The summed E-state index contributed by atoms with van der Waals surface area (Å²) < 4.78 is 70.6. The van der Waals surface area contributed by atoms with Crippen molar-refractivity contribution in [3.63, 3.8) is 0 Å². The van der Waals surface area contributed by atoms with E-state index in [1.807, 2.05) is 0 Å². The van der Waals surface area contributed by atoms with Crippen LogP contribution in [0.15, 0.2) is 53.4 Å². The molecule has 1 heterocycles. The van der Waals surface area contributed by atoms with Gasteiger partial charge in [-0.1, -0.05) is 17.7 Å². The fraction of sp³-hybridized carbons (Fsp3) is 0.143. The van der Waals surface area contributed by atoms with Crippen molar-refractivity contribution >= 4 is 34.0 Å².